The molecule has 0 bridgehead atoms. The molecule has 0 saturated carbocycles. The molecule has 470 valence electrons. The number of esters is 3. The lowest BCUT2D eigenvalue weighted by Crippen LogP contribution is -2.30. The van der Waals surface area contributed by atoms with Crippen LogP contribution in [-0.2, 0) is 42.2 Å². The van der Waals surface area contributed by atoms with Gasteiger partial charge in [-0.05, 0) is 77.0 Å². The summed E-state index contributed by atoms with van der Waals surface area (Å²) in [6.07, 6.45) is 68.1. The summed E-state index contributed by atoms with van der Waals surface area (Å²) in [6.45, 7) is 4.69. The van der Waals surface area contributed by atoms with Gasteiger partial charge in [-0.1, -0.05) is 282 Å². The first-order valence-corrected chi connectivity index (χ1v) is 35.4. The molecule has 2 N–H and O–H groups in total. The molecule has 80 heavy (non-hydrogen) atoms. The third kappa shape index (κ3) is 60.3. The fraction of sp³-hybridized carbons (Fsp3) is 0.868. The Morgan fingerprint density at radius 1 is 0.350 bits per heavy atom. The molecular weight excluding hydrogens is 1020 g/mol. The molecule has 0 fully saturated rings. The maximum atomic E-state index is 13.0. The smallest absolute Gasteiger partial charge is 0.462 e. The van der Waals surface area contributed by atoms with Gasteiger partial charge in [0, 0.05) is 19.3 Å². The fourth-order valence-electron chi connectivity index (χ4n) is 9.86. The summed E-state index contributed by atoms with van der Waals surface area (Å²) < 4.78 is 39.8. The van der Waals surface area contributed by atoms with Gasteiger partial charge >= 0.3 is 25.7 Å². The summed E-state index contributed by atoms with van der Waals surface area (Å²) in [5.74, 6) is -1.45. The topological polar surface area (TPSA) is 155 Å². The van der Waals surface area contributed by atoms with Crippen LogP contribution in [0.5, 0.6) is 0 Å². The quantitative estimate of drug-likeness (QED) is 0.0197. The second kappa shape index (κ2) is 62.7. The van der Waals surface area contributed by atoms with Crippen LogP contribution in [0.3, 0.4) is 0 Å². The molecule has 0 saturated heterocycles. The molecule has 0 radical (unpaired) electrons. The molecule has 0 aromatic carbocycles. The number of allylic oxidation sites excluding steroid dienone is 6. The highest BCUT2D eigenvalue weighted by molar-refractivity contribution is 7.47. The number of hydrogen-bond donors (Lipinski definition) is 2. The van der Waals surface area contributed by atoms with Crippen LogP contribution in [0.4, 0.5) is 0 Å². The number of unbranched alkanes of at least 4 members (excludes halogenated alkanes) is 41. The van der Waals surface area contributed by atoms with E-state index in [9.17, 15) is 28.9 Å². The maximum Gasteiger partial charge on any atom is 0.472 e. The SMILES string of the molecule is CCCCC/C=C\C/C=C\CCCCCCCCCCCC(=O)OC(COC(=O)CCCCCCCCCCCCCCCCCCCCC)COP(=O)(O)OCC(CO)OC(=O)CCCCCCC/C=C\CCCCCCCC. The van der Waals surface area contributed by atoms with E-state index < -0.39 is 57.8 Å². The van der Waals surface area contributed by atoms with Crippen LogP contribution in [0.2, 0.25) is 0 Å². The van der Waals surface area contributed by atoms with Gasteiger partial charge in [-0.25, -0.2) is 4.57 Å². The summed E-state index contributed by atoms with van der Waals surface area (Å²) in [4.78, 5) is 48.8. The minimum absolute atomic E-state index is 0.166. The minimum atomic E-state index is -4.75. The monoisotopic (exact) mass is 1150 g/mol. The molecule has 0 aromatic rings. The molecule has 12 heteroatoms. The second-order valence-corrected chi connectivity index (χ2v) is 24.4. The Labute approximate surface area is 492 Å². The number of hydrogen-bond acceptors (Lipinski definition) is 10. The van der Waals surface area contributed by atoms with Gasteiger partial charge in [0.1, 0.15) is 12.7 Å². The van der Waals surface area contributed by atoms with Crippen molar-refractivity contribution in [2.24, 2.45) is 0 Å². The molecule has 0 aliphatic rings. The van der Waals surface area contributed by atoms with Crippen LogP contribution in [0, 0.1) is 0 Å². The molecule has 0 amide bonds. The second-order valence-electron chi connectivity index (χ2n) is 23.0. The van der Waals surface area contributed by atoms with Crippen molar-refractivity contribution in [1.29, 1.82) is 0 Å². The van der Waals surface area contributed by atoms with Crippen LogP contribution in [-0.4, -0.2) is 66.5 Å². The third-order valence-electron chi connectivity index (χ3n) is 15.0. The van der Waals surface area contributed by atoms with Crippen molar-refractivity contribution < 1.29 is 52.2 Å². The number of rotatable bonds is 64. The summed E-state index contributed by atoms with van der Waals surface area (Å²) in [6, 6.07) is 0. The van der Waals surface area contributed by atoms with E-state index in [1.807, 2.05) is 0 Å². The van der Waals surface area contributed by atoms with Crippen molar-refractivity contribution in [1.82, 2.24) is 0 Å². The highest BCUT2D eigenvalue weighted by Gasteiger charge is 2.28. The first kappa shape index (κ1) is 77.7. The van der Waals surface area contributed by atoms with Gasteiger partial charge in [-0.2, -0.15) is 0 Å². The maximum absolute atomic E-state index is 13.0. The zero-order valence-corrected chi connectivity index (χ0v) is 53.2. The van der Waals surface area contributed by atoms with E-state index in [4.69, 9.17) is 23.3 Å². The molecule has 0 spiro atoms. The standard InChI is InChI=1S/C68H127O11P/c1-4-7-10-13-16-19-22-25-28-30-32-34-37-39-42-45-48-51-54-57-66(70)75-61-65(79-68(72)59-56-53-50-47-44-41-38-35-33-31-29-26-23-20-17-14-11-8-5-2)63-77-80(73,74)76-62-64(60-69)78-67(71)58-55-52-49-46-43-40-36-27-24-21-18-15-12-9-6-3/h17,20,26-27,29,36,64-65,69H,4-16,18-19,21-25,28,30-35,37-63H2,1-3H3,(H,73,74)/b20-17-,29-26-,36-27-. The Morgan fingerprint density at radius 2 is 0.613 bits per heavy atom. The lowest BCUT2D eigenvalue weighted by Gasteiger charge is -2.21. The van der Waals surface area contributed by atoms with Gasteiger partial charge in [-0.3, -0.25) is 23.4 Å². The Balaban J connectivity index is 4.66. The van der Waals surface area contributed by atoms with Crippen molar-refractivity contribution in [3.05, 3.63) is 36.5 Å². The fourth-order valence-corrected chi connectivity index (χ4v) is 10.6. The minimum Gasteiger partial charge on any atom is -0.462 e. The van der Waals surface area contributed by atoms with Crippen molar-refractivity contribution in [2.75, 3.05) is 26.4 Å². The van der Waals surface area contributed by atoms with Crippen LogP contribution < -0.4 is 0 Å². The number of phosphoric ester groups is 1. The zero-order valence-electron chi connectivity index (χ0n) is 52.3. The first-order valence-electron chi connectivity index (χ1n) is 33.9. The summed E-state index contributed by atoms with van der Waals surface area (Å²) in [5.41, 5.74) is 0. The highest BCUT2D eigenvalue weighted by Crippen LogP contribution is 2.43. The Bertz CT molecular complexity index is 1480. The van der Waals surface area contributed by atoms with Crippen molar-refractivity contribution in [3.8, 4) is 0 Å². The van der Waals surface area contributed by atoms with Gasteiger partial charge in [0.25, 0.3) is 0 Å². The van der Waals surface area contributed by atoms with Gasteiger partial charge in [0.2, 0.25) is 0 Å². The first-order chi connectivity index (χ1) is 39.2. The highest BCUT2D eigenvalue weighted by atomic mass is 31.2. The van der Waals surface area contributed by atoms with Gasteiger partial charge in [0.15, 0.2) is 6.10 Å². The largest absolute Gasteiger partial charge is 0.472 e. The normalized spacial score (nSPS) is 13.4. The Morgan fingerprint density at radius 3 is 0.963 bits per heavy atom. The van der Waals surface area contributed by atoms with E-state index >= 15 is 0 Å². The van der Waals surface area contributed by atoms with E-state index in [2.05, 4.69) is 57.2 Å². The number of aliphatic hydroxyl groups excluding tert-OH is 1. The molecule has 0 aliphatic heterocycles. The molecule has 0 aliphatic carbocycles. The number of aliphatic hydroxyl groups is 1. The molecule has 0 rings (SSSR count). The van der Waals surface area contributed by atoms with Crippen molar-refractivity contribution in [2.45, 2.75) is 354 Å². The van der Waals surface area contributed by atoms with Crippen LogP contribution >= 0.6 is 7.82 Å². The molecule has 11 nitrogen and oxygen atoms in total. The van der Waals surface area contributed by atoms with Gasteiger partial charge in [-0.15, -0.1) is 0 Å². The van der Waals surface area contributed by atoms with Crippen LogP contribution in [0.1, 0.15) is 342 Å². The van der Waals surface area contributed by atoms with E-state index in [1.165, 1.54) is 193 Å². The third-order valence-corrected chi connectivity index (χ3v) is 16.0. The van der Waals surface area contributed by atoms with Gasteiger partial charge in [0.05, 0.1) is 19.8 Å². The average molecular weight is 1150 g/mol. The lowest BCUT2D eigenvalue weighted by atomic mass is 10.0. The van der Waals surface area contributed by atoms with E-state index in [1.54, 1.807) is 0 Å². The van der Waals surface area contributed by atoms with E-state index in [-0.39, 0.29) is 25.9 Å². The van der Waals surface area contributed by atoms with Crippen LogP contribution in [0.15, 0.2) is 36.5 Å². The molecule has 0 heterocycles. The summed E-state index contributed by atoms with van der Waals surface area (Å²) in [5, 5.41) is 9.86. The molecular formula is C68H127O11P. The predicted octanol–water partition coefficient (Wildman–Crippen LogP) is 20.7. The molecule has 3 unspecified atom stereocenters. The van der Waals surface area contributed by atoms with E-state index in [0.717, 1.165) is 89.9 Å². The van der Waals surface area contributed by atoms with Gasteiger partial charge < -0.3 is 24.2 Å². The zero-order chi connectivity index (χ0) is 58.3. The average Bonchev–Trinajstić information content (AvgIpc) is 3.45. The Hall–Kier alpha value is -2.30. The number of carbonyl (C=O) groups excluding carboxylic acids is 3. The van der Waals surface area contributed by atoms with Crippen molar-refractivity contribution >= 4 is 25.7 Å². The summed E-state index contributed by atoms with van der Waals surface area (Å²) >= 11 is 0. The Kier molecular flexibility index (Phi) is 60.9. The number of phosphoric acid groups is 1. The predicted molar refractivity (Wildman–Crippen MR) is 335 cm³/mol. The van der Waals surface area contributed by atoms with Crippen LogP contribution in [0.25, 0.3) is 0 Å². The summed E-state index contributed by atoms with van der Waals surface area (Å²) in [7, 11) is -4.75. The van der Waals surface area contributed by atoms with E-state index in [0.29, 0.717) is 19.3 Å². The number of carbonyl (C=O) groups is 3. The molecule has 3 atom stereocenters. The lowest BCUT2D eigenvalue weighted by molar-refractivity contribution is -0.161. The molecule has 0 aromatic heterocycles. The number of ether oxygens (including phenoxy) is 3. The van der Waals surface area contributed by atoms with Crippen molar-refractivity contribution in [3.63, 3.8) is 0 Å².